The van der Waals surface area contributed by atoms with Crippen molar-refractivity contribution >= 4 is 11.6 Å². The number of hydrogen-bond donors (Lipinski definition) is 0. The summed E-state index contributed by atoms with van der Waals surface area (Å²) in [5.41, 5.74) is 1.85. The summed E-state index contributed by atoms with van der Waals surface area (Å²) in [6.07, 6.45) is 8.04. The standard InChI is InChI=1S/C24H32N4O2/c1-26(2)21-5-3-4-19(18-21)24(29)28-14-8-20(9-15-28)27-16-10-23(11-17-27)30-22-6-12-25-13-7-22/h3-7,12-13,18,20,23H,8-11,14-17H2,1-2H3. The summed E-state index contributed by atoms with van der Waals surface area (Å²) in [5.74, 6) is 1.07. The first-order chi connectivity index (χ1) is 14.6. The van der Waals surface area contributed by atoms with Crippen molar-refractivity contribution in [2.45, 2.75) is 37.8 Å². The van der Waals surface area contributed by atoms with E-state index < -0.39 is 0 Å². The van der Waals surface area contributed by atoms with Crippen LogP contribution in [0.4, 0.5) is 5.69 Å². The number of piperidine rings is 2. The average Bonchev–Trinajstić information content (AvgIpc) is 2.80. The summed E-state index contributed by atoms with van der Waals surface area (Å²) in [6, 6.07) is 12.3. The quantitative estimate of drug-likeness (QED) is 0.760. The van der Waals surface area contributed by atoms with Crippen molar-refractivity contribution in [3.8, 4) is 5.75 Å². The summed E-state index contributed by atoms with van der Waals surface area (Å²) in [5, 5.41) is 0. The van der Waals surface area contributed by atoms with E-state index in [1.807, 2.05) is 60.3 Å². The fourth-order valence-electron chi connectivity index (χ4n) is 4.50. The Bertz CT molecular complexity index is 826. The highest BCUT2D eigenvalue weighted by molar-refractivity contribution is 5.95. The number of amides is 1. The van der Waals surface area contributed by atoms with Gasteiger partial charge in [0.1, 0.15) is 11.9 Å². The Labute approximate surface area is 179 Å². The van der Waals surface area contributed by atoms with Crippen LogP contribution in [0, 0.1) is 0 Å². The molecule has 0 saturated carbocycles. The van der Waals surface area contributed by atoms with E-state index in [1.165, 1.54) is 0 Å². The molecule has 2 fully saturated rings. The molecule has 0 radical (unpaired) electrons. The van der Waals surface area contributed by atoms with Crippen molar-refractivity contribution in [2.24, 2.45) is 0 Å². The molecule has 0 aliphatic carbocycles. The highest BCUT2D eigenvalue weighted by Gasteiger charge is 2.30. The van der Waals surface area contributed by atoms with Gasteiger partial charge in [-0.15, -0.1) is 0 Å². The van der Waals surface area contributed by atoms with Crippen LogP contribution in [0.5, 0.6) is 5.75 Å². The van der Waals surface area contributed by atoms with Gasteiger partial charge in [-0.25, -0.2) is 0 Å². The molecule has 6 nitrogen and oxygen atoms in total. The second kappa shape index (κ2) is 9.47. The van der Waals surface area contributed by atoms with E-state index >= 15 is 0 Å². The van der Waals surface area contributed by atoms with E-state index in [2.05, 4.69) is 9.88 Å². The summed E-state index contributed by atoms with van der Waals surface area (Å²) < 4.78 is 6.09. The van der Waals surface area contributed by atoms with Crippen molar-refractivity contribution in [1.29, 1.82) is 0 Å². The van der Waals surface area contributed by atoms with Crippen LogP contribution in [0.25, 0.3) is 0 Å². The zero-order valence-corrected chi connectivity index (χ0v) is 18.0. The molecule has 3 heterocycles. The van der Waals surface area contributed by atoms with Gasteiger partial charge in [-0.2, -0.15) is 0 Å². The Hall–Kier alpha value is -2.60. The molecule has 30 heavy (non-hydrogen) atoms. The third-order valence-corrected chi connectivity index (χ3v) is 6.31. The van der Waals surface area contributed by atoms with Crippen molar-refractivity contribution in [3.05, 3.63) is 54.4 Å². The van der Waals surface area contributed by atoms with Crippen molar-refractivity contribution < 1.29 is 9.53 Å². The summed E-state index contributed by atoms with van der Waals surface area (Å²) >= 11 is 0. The Balaban J connectivity index is 1.25. The van der Waals surface area contributed by atoms with Gasteiger partial charge in [0, 0.05) is 70.0 Å². The van der Waals surface area contributed by atoms with E-state index in [0.717, 1.165) is 68.9 Å². The number of rotatable bonds is 5. The molecule has 6 heteroatoms. The maximum absolute atomic E-state index is 12.9. The molecule has 0 N–H and O–H groups in total. The van der Waals surface area contributed by atoms with Crippen LogP contribution in [0.15, 0.2) is 48.8 Å². The van der Waals surface area contributed by atoms with Gasteiger partial charge >= 0.3 is 0 Å². The molecule has 1 aromatic heterocycles. The summed E-state index contributed by atoms with van der Waals surface area (Å²) in [4.78, 5) is 23.6. The molecule has 0 spiro atoms. The van der Waals surface area contributed by atoms with Crippen molar-refractivity contribution in [3.63, 3.8) is 0 Å². The third-order valence-electron chi connectivity index (χ3n) is 6.31. The normalized spacial score (nSPS) is 18.9. The SMILES string of the molecule is CN(C)c1cccc(C(=O)N2CCC(N3CCC(Oc4ccncc4)CC3)CC2)c1. The van der Waals surface area contributed by atoms with Crippen LogP contribution in [0.3, 0.4) is 0 Å². The lowest BCUT2D eigenvalue weighted by Crippen LogP contribution is -2.50. The lowest BCUT2D eigenvalue weighted by molar-refractivity contribution is 0.0425. The number of nitrogens with zero attached hydrogens (tertiary/aromatic N) is 4. The molecule has 0 bridgehead atoms. The minimum Gasteiger partial charge on any atom is -0.490 e. The van der Waals surface area contributed by atoms with Crippen LogP contribution in [-0.2, 0) is 0 Å². The van der Waals surface area contributed by atoms with Crippen LogP contribution >= 0.6 is 0 Å². The van der Waals surface area contributed by atoms with Crippen LogP contribution in [-0.4, -0.2) is 73.1 Å². The average molecular weight is 409 g/mol. The smallest absolute Gasteiger partial charge is 0.253 e. The maximum atomic E-state index is 12.9. The van der Waals surface area contributed by atoms with Crippen LogP contribution < -0.4 is 9.64 Å². The van der Waals surface area contributed by atoms with Crippen LogP contribution in [0.1, 0.15) is 36.0 Å². The molecule has 160 valence electrons. The number of likely N-dealkylation sites (tertiary alicyclic amines) is 2. The first-order valence-electron chi connectivity index (χ1n) is 11.0. The first-order valence-corrected chi connectivity index (χ1v) is 11.0. The van der Waals surface area contributed by atoms with Crippen molar-refractivity contribution in [2.75, 3.05) is 45.2 Å². The predicted octanol–water partition coefficient (Wildman–Crippen LogP) is 3.30. The van der Waals surface area contributed by atoms with Gasteiger partial charge in [-0.05, 0) is 56.0 Å². The second-order valence-corrected chi connectivity index (χ2v) is 8.50. The molecule has 2 aromatic rings. The monoisotopic (exact) mass is 408 g/mol. The van der Waals surface area contributed by atoms with Gasteiger partial charge in [-0.1, -0.05) is 6.07 Å². The molecular formula is C24H32N4O2. The maximum Gasteiger partial charge on any atom is 0.253 e. The predicted molar refractivity (Wildman–Crippen MR) is 119 cm³/mol. The van der Waals surface area contributed by atoms with Crippen LogP contribution in [0.2, 0.25) is 0 Å². The minimum absolute atomic E-state index is 0.154. The molecule has 4 rings (SSSR count). The zero-order valence-electron chi connectivity index (χ0n) is 18.0. The van der Waals surface area contributed by atoms with Gasteiger partial charge in [0.05, 0.1) is 0 Å². The topological polar surface area (TPSA) is 48.9 Å². The fourth-order valence-corrected chi connectivity index (χ4v) is 4.50. The number of carbonyl (C=O) groups is 1. The summed E-state index contributed by atoms with van der Waals surface area (Å²) in [7, 11) is 4.00. The number of pyridine rings is 1. The second-order valence-electron chi connectivity index (χ2n) is 8.50. The van der Waals surface area contributed by atoms with Gasteiger partial charge in [0.15, 0.2) is 0 Å². The van der Waals surface area contributed by atoms with Gasteiger partial charge in [0.25, 0.3) is 5.91 Å². The molecule has 0 atom stereocenters. The summed E-state index contributed by atoms with van der Waals surface area (Å²) in [6.45, 7) is 3.81. The number of aromatic nitrogens is 1. The lowest BCUT2D eigenvalue weighted by atomic mass is 9.98. The first kappa shape index (κ1) is 20.7. The fraction of sp³-hybridized carbons (Fsp3) is 0.500. The lowest BCUT2D eigenvalue weighted by Gasteiger charge is -2.41. The Morgan fingerprint density at radius 1 is 1.00 bits per heavy atom. The highest BCUT2D eigenvalue weighted by Crippen LogP contribution is 2.25. The largest absolute Gasteiger partial charge is 0.490 e. The van der Waals surface area contributed by atoms with E-state index in [4.69, 9.17) is 4.74 Å². The number of hydrogen-bond acceptors (Lipinski definition) is 5. The third kappa shape index (κ3) is 4.93. The number of anilines is 1. The minimum atomic E-state index is 0.154. The number of benzene rings is 1. The van der Waals surface area contributed by atoms with Gasteiger partial charge in [0.2, 0.25) is 0 Å². The van der Waals surface area contributed by atoms with Crippen molar-refractivity contribution in [1.82, 2.24) is 14.8 Å². The Kier molecular flexibility index (Phi) is 6.53. The molecule has 2 aliphatic rings. The molecular weight excluding hydrogens is 376 g/mol. The molecule has 0 unspecified atom stereocenters. The zero-order chi connectivity index (χ0) is 20.9. The van der Waals surface area contributed by atoms with Gasteiger partial charge in [-0.3, -0.25) is 14.7 Å². The number of ether oxygens (including phenoxy) is 1. The van der Waals surface area contributed by atoms with Gasteiger partial charge < -0.3 is 14.5 Å². The Morgan fingerprint density at radius 2 is 1.70 bits per heavy atom. The Morgan fingerprint density at radius 3 is 2.37 bits per heavy atom. The molecule has 2 aliphatic heterocycles. The number of carbonyl (C=O) groups excluding carboxylic acids is 1. The van der Waals surface area contributed by atoms with E-state index in [1.54, 1.807) is 12.4 Å². The molecule has 2 saturated heterocycles. The molecule has 1 aromatic carbocycles. The van der Waals surface area contributed by atoms with E-state index in [0.29, 0.717) is 6.04 Å². The molecule has 1 amide bonds. The highest BCUT2D eigenvalue weighted by atomic mass is 16.5. The van der Waals surface area contributed by atoms with E-state index in [9.17, 15) is 4.79 Å². The van der Waals surface area contributed by atoms with E-state index in [-0.39, 0.29) is 12.0 Å².